The molecule has 1 saturated heterocycles. The molecule has 5 rings (SSSR count). The van der Waals surface area contributed by atoms with Gasteiger partial charge in [0.25, 0.3) is 15.9 Å². The molecule has 0 radical (unpaired) electrons. The molecule has 4 aromatic rings. The lowest BCUT2D eigenvalue weighted by Crippen LogP contribution is -2.21. The molecule has 10 nitrogen and oxygen atoms in total. The fraction of sp³-hybridized carbons (Fsp3) is 0.310. The first-order valence-electron chi connectivity index (χ1n) is 12.9. The molecule has 12 heteroatoms. The summed E-state index contributed by atoms with van der Waals surface area (Å²) in [7, 11) is -2.58. The first-order chi connectivity index (χ1) is 19.6. The normalized spacial score (nSPS) is 15.5. The number of sulfonamides is 1. The minimum atomic E-state index is -4.09. The molecular formula is C29H31N3O7S2. The largest absolute Gasteiger partial charge is 0.493 e. The van der Waals surface area contributed by atoms with Crippen LogP contribution in [0.2, 0.25) is 0 Å². The average Bonchev–Trinajstić information content (AvgIpc) is 3.68. The van der Waals surface area contributed by atoms with Gasteiger partial charge in [-0.2, -0.15) is 4.98 Å². The second-order valence-electron chi connectivity index (χ2n) is 10.2. The quantitative estimate of drug-likeness (QED) is 0.240. The van der Waals surface area contributed by atoms with E-state index >= 15 is 0 Å². The van der Waals surface area contributed by atoms with Crippen molar-refractivity contribution in [1.82, 2.24) is 9.97 Å². The molecule has 2 aromatic heterocycles. The summed E-state index contributed by atoms with van der Waals surface area (Å²) < 4.78 is 58.4. The highest BCUT2D eigenvalue weighted by Crippen LogP contribution is 2.42. The number of hydrogen-bond acceptors (Lipinski definition) is 10. The van der Waals surface area contributed by atoms with Crippen LogP contribution in [0.15, 0.2) is 70.9 Å². The summed E-state index contributed by atoms with van der Waals surface area (Å²) in [6, 6.07) is 17.4. The van der Waals surface area contributed by atoms with Crippen LogP contribution in [0, 0.1) is 0 Å². The number of para-hydroxylation sites is 2. The van der Waals surface area contributed by atoms with E-state index in [1.165, 1.54) is 18.4 Å². The van der Waals surface area contributed by atoms with E-state index in [0.717, 1.165) is 5.56 Å². The second-order valence-corrected chi connectivity index (χ2v) is 12.9. The zero-order chi connectivity index (χ0) is 29.0. The second kappa shape index (κ2) is 12.0. The van der Waals surface area contributed by atoms with Crippen molar-refractivity contribution in [3.05, 3.63) is 71.6 Å². The molecule has 0 amide bonds. The van der Waals surface area contributed by atoms with Crippen LogP contribution in [-0.4, -0.2) is 51.6 Å². The molecule has 0 aliphatic carbocycles. The molecule has 0 spiro atoms. The Morgan fingerprint density at radius 3 is 2.41 bits per heavy atom. The van der Waals surface area contributed by atoms with Gasteiger partial charge in [-0.05, 0) is 46.7 Å². The van der Waals surface area contributed by atoms with Crippen LogP contribution in [0.25, 0.3) is 10.7 Å². The Morgan fingerprint density at radius 1 is 1.02 bits per heavy atom. The lowest BCUT2D eigenvalue weighted by Gasteiger charge is -2.20. The van der Waals surface area contributed by atoms with Gasteiger partial charge in [-0.1, -0.05) is 51.1 Å². The highest BCUT2D eigenvalue weighted by Gasteiger charge is 2.27. The highest BCUT2D eigenvalue weighted by atomic mass is 32.2. The molecular weight excluding hydrogens is 566 g/mol. The lowest BCUT2D eigenvalue weighted by atomic mass is 9.87. The Morgan fingerprint density at radius 2 is 1.78 bits per heavy atom. The first kappa shape index (κ1) is 28.8. The summed E-state index contributed by atoms with van der Waals surface area (Å²) in [5.74, 6) is 0.941. The standard InChI is InChI=1S/C29H31N3O7S2/c1-29(2,3)19-11-13-21(14-12-19)41(33,34)32-27-25(39-23-9-6-5-8-22(23)35-4)28(37-17-20-16-36-18-38-20)31-26(30-27)24-10-7-15-40-24/h5-15,20H,16-18H2,1-4H3,(H,30,31,32)/t20-/m1/s1. The van der Waals surface area contributed by atoms with Crippen molar-refractivity contribution in [1.29, 1.82) is 0 Å². The zero-order valence-corrected chi connectivity index (χ0v) is 24.8. The van der Waals surface area contributed by atoms with Crippen molar-refractivity contribution in [3.8, 4) is 33.8 Å². The van der Waals surface area contributed by atoms with Crippen molar-refractivity contribution in [2.24, 2.45) is 0 Å². The monoisotopic (exact) mass is 597 g/mol. The molecule has 0 saturated carbocycles. The summed E-state index contributed by atoms with van der Waals surface area (Å²) in [4.78, 5) is 9.98. The molecule has 216 valence electrons. The van der Waals surface area contributed by atoms with Crippen LogP contribution in [-0.2, 0) is 24.9 Å². The molecule has 3 heterocycles. The minimum Gasteiger partial charge on any atom is -0.493 e. The van der Waals surface area contributed by atoms with Crippen molar-refractivity contribution in [3.63, 3.8) is 0 Å². The topological polar surface area (TPSA) is 118 Å². The van der Waals surface area contributed by atoms with Gasteiger partial charge in [-0.3, -0.25) is 4.72 Å². The summed E-state index contributed by atoms with van der Waals surface area (Å²) >= 11 is 1.41. The first-order valence-corrected chi connectivity index (χ1v) is 15.2. The number of ether oxygens (including phenoxy) is 5. The molecule has 41 heavy (non-hydrogen) atoms. The van der Waals surface area contributed by atoms with Gasteiger partial charge in [0.15, 0.2) is 23.1 Å². The number of aromatic nitrogens is 2. The van der Waals surface area contributed by atoms with Crippen LogP contribution in [0.1, 0.15) is 26.3 Å². The van der Waals surface area contributed by atoms with Crippen LogP contribution in [0.3, 0.4) is 0 Å². The maximum atomic E-state index is 13.6. The Balaban J connectivity index is 1.59. The number of nitrogens with zero attached hydrogens (tertiary/aromatic N) is 2. The molecule has 1 atom stereocenters. The summed E-state index contributed by atoms with van der Waals surface area (Å²) in [5, 5.41) is 1.88. The van der Waals surface area contributed by atoms with E-state index in [1.54, 1.807) is 48.5 Å². The van der Waals surface area contributed by atoms with Gasteiger partial charge in [0, 0.05) is 0 Å². The number of thiophene rings is 1. The van der Waals surface area contributed by atoms with E-state index in [1.807, 2.05) is 17.5 Å². The minimum absolute atomic E-state index is 0.0244. The average molecular weight is 598 g/mol. The number of hydrogen-bond donors (Lipinski definition) is 1. The van der Waals surface area contributed by atoms with Gasteiger partial charge in [-0.15, -0.1) is 11.3 Å². The molecule has 2 aromatic carbocycles. The fourth-order valence-corrected chi connectivity index (χ4v) is 5.64. The summed E-state index contributed by atoms with van der Waals surface area (Å²) in [6.45, 7) is 6.82. The van der Waals surface area contributed by atoms with Crippen molar-refractivity contribution < 1.29 is 32.1 Å². The van der Waals surface area contributed by atoms with Crippen molar-refractivity contribution >= 4 is 27.2 Å². The zero-order valence-electron chi connectivity index (χ0n) is 23.1. The van der Waals surface area contributed by atoms with E-state index in [4.69, 9.17) is 23.7 Å². The van der Waals surface area contributed by atoms with E-state index in [2.05, 4.69) is 35.5 Å². The Kier molecular flexibility index (Phi) is 8.45. The molecule has 0 bridgehead atoms. The maximum Gasteiger partial charge on any atom is 0.263 e. The summed E-state index contributed by atoms with van der Waals surface area (Å²) in [5.41, 5.74) is 0.876. The third-order valence-corrected chi connectivity index (χ3v) is 8.44. The van der Waals surface area contributed by atoms with E-state index in [0.29, 0.717) is 23.0 Å². The third-order valence-electron chi connectivity index (χ3n) is 6.22. The third kappa shape index (κ3) is 6.79. The van der Waals surface area contributed by atoms with Gasteiger partial charge in [0.1, 0.15) is 19.5 Å². The summed E-state index contributed by atoms with van der Waals surface area (Å²) in [6.07, 6.45) is -0.323. The predicted octanol–water partition coefficient (Wildman–Crippen LogP) is 5.86. The van der Waals surface area contributed by atoms with Gasteiger partial charge in [-0.25, -0.2) is 13.4 Å². The number of nitrogens with one attached hydrogen (secondary N) is 1. The predicted molar refractivity (Wildman–Crippen MR) is 156 cm³/mol. The lowest BCUT2D eigenvalue weighted by molar-refractivity contribution is 0.0311. The molecule has 1 N–H and O–H groups in total. The van der Waals surface area contributed by atoms with E-state index < -0.39 is 10.0 Å². The number of anilines is 1. The Hall–Kier alpha value is -3.71. The van der Waals surface area contributed by atoms with E-state index in [9.17, 15) is 8.42 Å². The van der Waals surface area contributed by atoms with Gasteiger partial charge < -0.3 is 23.7 Å². The molecule has 1 aliphatic heterocycles. The SMILES string of the molecule is COc1ccccc1Oc1c(NS(=O)(=O)c2ccc(C(C)(C)C)cc2)nc(-c2cccs2)nc1OC[C@H]1COCO1. The van der Waals surface area contributed by atoms with Crippen LogP contribution in [0.4, 0.5) is 5.82 Å². The van der Waals surface area contributed by atoms with Gasteiger partial charge >= 0.3 is 0 Å². The van der Waals surface area contributed by atoms with Crippen LogP contribution >= 0.6 is 11.3 Å². The van der Waals surface area contributed by atoms with Crippen LogP contribution in [0.5, 0.6) is 23.1 Å². The highest BCUT2D eigenvalue weighted by molar-refractivity contribution is 7.92. The van der Waals surface area contributed by atoms with Crippen molar-refractivity contribution in [2.45, 2.75) is 37.2 Å². The van der Waals surface area contributed by atoms with Crippen LogP contribution < -0.4 is 18.9 Å². The van der Waals surface area contributed by atoms with Crippen molar-refractivity contribution in [2.75, 3.05) is 31.8 Å². The molecule has 1 aliphatic rings. The maximum absolute atomic E-state index is 13.6. The number of rotatable bonds is 10. The van der Waals surface area contributed by atoms with Gasteiger partial charge in [0.2, 0.25) is 5.75 Å². The van der Waals surface area contributed by atoms with E-state index in [-0.39, 0.29) is 53.1 Å². The smallest absolute Gasteiger partial charge is 0.263 e. The molecule has 0 unspecified atom stereocenters. The Bertz CT molecular complexity index is 1580. The Labute approximate surface area is 243 Å². The number of benzene rings is 2. The molecule has 1 fully saturated rings. The fourth-order valence-electron chi connectivity index (χ4n) is 3.98. The van der Waals surface area contributed by atoms with Gasteiger partial charge in [0.05, 0.1) is 23.5 Å². The number of methoxy groups -OCH3 is 1.